The molecular weight excluding hydrogens is 290 g/mol. The molecule has 0 aliphatic heterocycles. The topological polar surface area (TPSA) is 23.8 Å². The predicted octanol–water partition coefficient (Wildman–Crippen LogP) is 6.47. The molecule has 0 saturated heterocycles. The van der Waals surface area contributed by atoms with Crippen LogP contribution in [0.5, 0.6) is 0 Å². The molecule has 2 aromatic carbocycles. The SMILES string of the molecule is C=CCCC1CCC(c2cc(C#N)ccc2-c2ccccc2)CC1. The summed E-state index contributed by atoms with van der Waals surface area (Å²) in [6.45, 7) is 3.84. The molecule has 0 radical (unpaired) electrons. The van der Waals surface area contributed by atoms with E-state index >= 15 is 0 Å². The van der Waals surface area contributed by atoms with E-state index in [0.717, 1.165) is 17.9 Å². The lowest BCUT2D eigenvalue weighted by atomic mass is 9.75. The lowest BCUT2D eigenvalue weighted by Gasteiger charge is -2.30. The van der Waals surface area contributed by atoms with Crippen molar-refractivity contribution < 1.29 is 0 Å². The van der Waals surface area contributed by atoms with Crippen molar-refractivity contribution in [2.24, 2.45) is 5.92 Å². The third-order valence-corrected chi connectivity index (χ3v) is 5.33. The molecule has 1 aliphatic rings. The van der Waals surface area contributed by atoms with Crippen LogP contribution in [-0.2, 0) is 0 Å². The Bertz CT molecular complexity index is 715. The molecule has 1 fully saturated rings. The van der Waals surface area contributed by atoms with Gasteiger partial charge in [0.15, 0.2) is 0 Å². The monoisotopic (exact) mass is 315 g/mol. The van der Waals surface area contributed by atoms with E-state index in [1.165, 1.54) is 48.8 Å². The zero-order chi connectivity index (χ0) is 16.8. The van der Waals surface area contributed by atoms with Crippen LogP contribution in [0.15, 0.2) is 61.2 Å². The number of allylic oxidation sites excluding steroid dienone is 1. The van der Waals surface area contributed by atoms with Crippen molar-refractivity contribution in [3.63, 3.8) is 0 Å². The van der Waals surface area contributed by atoms with Crippen LogP contribution < -0.4 is 0 Å². The van der Waals surface area contributed by atoms with Crippen molar-refractivity contribution in [1.82, 2.24) is 0 Å². The van der Waals surface area contributed by atoms with E-state index in [0.29, 0.717) is 5.92 Å². The molecule has 1 saturated carbocycles. The molecule has 0 unspecified atom stereocenters. The quantitative estimate of drug-likeness (QED) is 0.580. The van der Waals surface area contributed by atoms with Crippen LogP contribution >= 0.6 is 0 Å². The Balaban J connectivity index is 1.84. The molecule has 122 valence electrons. The molecule has 1 nitrogen and oxygen atoms in total. The summed E-state index contributed by atoms with van der Waals surface area (Å²) >= 11 is 0. The average Bonchev–Trinajstić information content (AvgIpc) is 2.67. The number of nitriles is 1. The third kappa shape index (κ3) is 3.77. The van der Waals surface area contributed by atoms with Crippen LogP contribution in [0, 0.1) is 17.2 Å². The van der Waals surface area contributed by atoms with Gasteiger partial charge in [0.2, 0.25) is 0 Å². The fourth-order valence-corrected chi connectivity index (χ4v) is 3.97. The van der Waals surface area contributed by atoms with Crippen LogP contribution in [0.2, 0.25) is 0 Å². The lowest BCUT2D eigenvalue weighted by Crippen LogP contribution is -2.14. The van der Waals surface area contributed by atoms with E-state index in [2.05, 4.69) is 55.1 Å². The van der Waals surface area contributed by atoms with Crippen LogP contribution in [0.3, 0.4) is 0 Å². The second kappa shape index (κ2) is 7.97. The molecule has 1 aliphatic carbocycles. The molecule has 2 aromatic rings. The maximum atomic E-state index is 9.30. The maximum Gasteiger partial charge on any atom is 0.0991 e. The highest BCUT2D eigenvalue weighted by atomic mass is 14.3. The third-order valence-electron chi connectivity index (χ3n) is 5.33. The van der Waals surface area contributed by atoms with Gasteiger partial charge in [-0.3, -0.25) is 0 Å². The zero-order valence-electron chi connectivity index (χ0n) is 14.2. The molecule has 0 spiro atoms. The molecule has 1 heteroatoms. The van der Waals surface area contributed by atoms with Crippen molar-refractivity contribution in [2.45, 2.75) is 44.4 Å². The predicted molar refractivity (Wildman–Crippen MR) is 101 cm³/mol. The minimum Gasteiger partial charge on any atom is -0.192 e. The van der Waals surface area contributed by atoms with E-state index in [9.17, 15) is 5.26 Å². The van der Waals surface area contributed by atoms with E-state index in [4.69, 9.17) is 0 Å². The van der Waals surface area contributed by atoms with Gasteiger partial charge in [0.05, 0.1) is 11.6 Å². The Morgan fingerprint density at radius 3 is 2.46 bits per heavy atom. The summed E-state index contributed by atoms with van der Waals surface area (Å²) in [5.74, 6) is 1.42. The lowest BCUT2D eigenvalue weighted by molar-refractivity contribution is 0.312. The van der Waals surface area contributed by atoms with Gasteiger partial charge in [-0.05, 0) is 79.2 Å². The number of hydrogen-bond donors (Lipinski definition) is 0. The molecular formula is C23H25N. The van der Waals surface area contributed by atoms with Crippen LogP contribution in [-0.4, -0.2) is 0 Å². The summed E-state index contributed by atoms with van der Waals surface area (Å²) in [7, 11) is 0. The van der Waals surface area contributed by atoms with E-state index < -0.39 is 0 Å². The fraction of sp³-hybridized carbons (Fsp3) is 0.348. The Morgan fingerprint density at radius 1 is 1.04 bits per heavy atom. The van der Waals surface area contributed by atoms with E-state index in [1.807, 2.05) is 12.1 Å². The van der Waals surface area contributed by atoms with Gasteiger partial charge in [-0.1, -0.05) is 42.5 Å². The largest absolute Gasteiger partial charge is 0.192 e. The first-order valence-corrected chi connectivity index (χ1v) is 9.02. The van der Waals surface area contributed by atoms with Gasteiger partial charge in [-0.2, -0.15) is 5.26 Å². The minimum atomic E-state index is 0.577. The Kier molecular flexibility index (Phi) is 5.49. The van der Waals surface area contributed by atoms with Gasteiger partial charge in [-0.25, -0.2) is 0 Å². The Labute approximate surface area is 145 Å². The normalized spacial score (nSPS) is 20.3. The minimum absolute atomic E-state index is 0.577. The zero-order valence-corrected chi connectivity index (χ0v) is 14.2. The van der Waals surface area contributed by atoms with Crippen LogP contribution in [0.25, 0.3) is 11.1 Å². The summed E-state index contributed by atoms with van der Waals surface area (Å²) in [6, 6.07) is 19.1. The van der Waals surface area contributed by atoms with Crippen LogP contribution in [0.1, 0.15) is 55.6 Å². The van der Waals surface area contributed by atoms with Crippen molar-refractivity contribution in [1.29, 1.82) is 5.26 Å². The Hall–Kier alpha value is -2.33. The first-order valence-electron chi connectivity index (χ1n) is 9.02. The maximum absolute atomic E-state index is 9.30. The number of benzene rings is 2. The smallest absolute Gasteiger partial charge is 0.0991 e. The summed E-state index contributed by atoms with van der Waals surface area (Å²) in [5, 5.41) is 9.30. The first kappa shape index (κ1) is 16.5. The standard InChI is InChI=1S/C23H25N/c1-2-3-7-18-10-13-21(14-11-18)23-16-19(17-24)12-15-22(23)20-8-5-4-6-9-20/h2,4-6,8-9,12,15-16,18,21H,1,3,7,10-11,13-14H2. The van der Waals surface area contributed by atoms with Crippen molar-refractivity contribution in [3.05, 3.63) is 72.3 Å². The Morgan fingerprint density at radius 2 is 1.79 bits per heavy atom. The van der Waals surface area contributed by atoms with Gasteiger partial charge < -0.3 is 0 Å². The first-order chi connectivity index (χ1) is 11.8. The molecule has 3 rings (SSSR count). The molecule has 0 atom stereocenters. The second-order valence-electron chi connectivity index (χ2n) is 6.86. The summed E-state index contributed by atoms with van der Waals surface area (Å²) in [4.78, 5) is 0. The van der Waals surface area contributed by atoms with Gasteiger partial charge in [0, 0.05) is 0 Å². The number of hydrogen-bond acceptors (Lipinski definition) is 1. The molecule has 0 bridgehead atoms. The molecule has 0 N–H and O–H groups in total. The van der Waals surface area contributed by atoms with Crippen molar-refractivity contribution >= 4 is 0 Å². The summed E-state index contributed by atoms with van der Waals surface area (Å²) in [5.41, 5.74) is 4.69. The molecule has 24 heavy (non-hydrogen) atoms. The highest BCUT2D eigenvalue weighted by Crippen LogP contribution is 2.41. The summed E-state index contributed by atoms with van der Waals surface area (Å²) < 4.78 is 0. The average molecular weight is 315 g/mol. The number of nitrogens with zero attached hydrogens (tertiary/aromatic N) is 1. The number of rotatable bonds is 5. The highest BCUT2D eigenvalue weighted by molar-refractivity contribution is 5.69. The van der Waals surface area contributed by atoms with Crippen molar-refractivity contribution in [2.75, 3.05) is 0 Å². The second-order valence-corrected chi connectivity index (χ2v) is 6.86. The van der Waals surface area contributed by atoms with E-state index in [1.54, 1.807) is 0 Å². The molecule has 0 aromatic heterocycles. The van der Waals surface area contributed by atoms with Gasteiger partial charge in [-0.15, -0.1) is 6.58 Å². The van der Waals surface area contributed by atoms with Gasteiger partial charge >= 0.3 is 0 Å². The van der Waals surface area contributed by atoms with Crippen LogP contribution in [0.4, 0.5) is 0 Å². The van der Waals surface area contributed by atoms with Crippen molar-refractivity contribution in [3.8, 4) is 17.2 Å². The molecule has 0 heterocycles. The van der Waals surface area contributed by atoms with Gasteiger partial charge in [0.25, 0.3) is 0 Å². The fourth-order valence-electron chi connectivity index (χ4n) is 3.97. The van der Waals surface area contributed by atoms with Gasteiger partial charge in [0.1, 0.15) is 0 Å². The highest BCUT2D eigenvalue weighted by Gasteiger charge is 2.24. The van der Waals surface area contributed by atoms with E-state index in [-0.39, 0.29) is 0 Å². The summed E-state index contributed by atoms with van der Waals surface area (Å²) in [6.07, 6.45) is 9.50. The molecule has 0 amide bonds.